The highest BCUT2D eigenvalue weighted by molar-refractivity contribution is 5.59. The topological polar surface area (TPSA) is 84.2 Å². The van der Waals surface area contributed by atoms with Crippen molar-refractivity contribution in [3.8, 4) is 0 Å². The summed E-state index contributed by atoms with van der Waals surface area (Å²) in [5.41, 5.74) is 0.319. The lowest BCUT2D eigenvalue weighted by molar-refractivity contribution is -0.384. The molecule has 0 aliphatic carbocycles. The summed E-state index contributed by atoms with van der Waals surface area (Å²) in [7, 11) is 0. The van der Waals surface area contributed by atoms with Crippen LogP contribution in [0.1, 0.15) is 40.0 Å². The fourth-order valence-electron chi connectivity index (χ4n) is 2.58. The molecule has 0 radical (unpaired) electrons. The summed E-state index contributed by atoms with van der Waals surface area (Å²) in [4.78, 5) is 21.1. The first-order valence-corrected chi connectivity index (χ1v) is 7.49. The number of anilines is 2. The first kappa shape index (κ1) is 15.5. The number of hydrogen-bond donors (Lipinski definition) is 1. The molecule has 21 heavy (non-hydrogen) atoms. The molecule has 1 aliphatic rings. The first-order chi connectivity index (χ1) is 9.99. The highest BCUT2D eigenvalue weighted by Gasteiger charge is 2.32. The summed E-state index contributed by atoms with van der Waals surface area (Å²) in [5.74, 6) is 0.881. The van der Waals surface area contributed by atoms with Crippen molar-refractivity contribution >= 4 is 17.5 Å². The van der Waals surface area contributed by atoms with Gasteiger partial charge in [0.25, 0.3) is 0 Å². The maximum Gasteiger partial charge on any atom is 0.329 e. The van der Waals surface area contributed by atoms with Crippen LogP contribution in [-0.2, 0) is 0 Å². The predicted molar refractivity (Wildman–Crippen MR) is 82.7 cm³/mol. The Bertz CT molecular complexity index is 512. The van der Waals surface area contributed by atoms with E-state index in [-0.39, 0.29) is 5.69 Å². The van der Waals surface area contributed by atoms with Gasteiger partial charge in [-0.25, -0.2) is 4.98 Å². The van der Waals surface area contributed by atoms with Gasteiger partial charge in [-0.1, -0.05) is 20.3 Å². The van der Waals surface area contributed by atoms with Crippen LogP contribution in [0.25, 0.3) is 0 Å². The second-order valence-corrected chi connectivity index (χ2v) is 5.84. The summed E-state index contributed by atoms with van der Waals surface area (Å²) in [5, 5.41) is 14.2. The minimum Gasteiger partial charge on any atom is -0.354 e. The van der Waals surface area contributed by atoms with Crippen molar-refractivity contribution in [1.82, 2.24) is 9.97 Å². The van der Waals surface area contributed by atoms with Crippen LogP contribution in [0.4, 0.5) is 17.5 Å². The molecule has 0 bridgehead atoms. The lowest BCUT2D eigenvalue weighted by atomic mass is 9.78. The van der Waals surface area contributed by atoms with E-state index < -0.39 is 4.92 Å². The molecule has 2 rings (SSSR count). The molecule has 1 aromatic heterocycles. The van der Waals surface area contributed by atoms with Gasteiger partial charge in [0.15, 0.2) is 0 Å². The molecule has 0 aromatic carbocycles. The Morgan fingerprint density at radius 3 is 2.62 bits per heavy atom. The van der Waals surface area contributed by atoms with Crippen molar-refractivity contribution in [2.75, 3.05) is 29.9 Å². The highest BCUT2D eigenvalue weighted by Crippen LogP contribution is 2.37. The van der Waals surface area contributed by atoms with Gasteiger partial charge in [0.05, 0.1) is 4.92 Å². The highest BCUT2D eigenvalue weighted by atomic mass is 16.6. The number of hydrogen-bond acceptors (Lipinski definition) is 6. The molecule has 0 atom stereocenters. The normalized spacial score (nSPS) is 17.6. The summed E-state index contributed by atoms with van der Waals surface area (Å²) in [6.45, 7) is 8.71. The second kappa shape index (κ2) is 6.24. The Morgan fingerprint density at radius 2 is 2.10 bits per heavy atom. The van der Waals surface area contributed by atoms with Gasteiger partial charge < -0.3 is 10.2 Å². The molecule has 0 unspecified atom stereocenters. The van der Waals surface area contributed by atoms with E-state index in [2.05, 4.69) is 29.1 Å². The van der Waals surface area contributed by atoms with Crippen LogP contribution in [0.5, 0.6) is 0 Å². The molecule has 1 N–H and O–H groups in total. The Balaban J connectivity index is 2.25. The monoisotopic (exact) mass is 293 g/mol. The van der Waals surface area contributed by atoms with E-state index in [1.54, 1.807) is 0 Å². The van der Waals surface area contributed by atoms with Gasteiger partial charge in [-0.3, -0.25) is 10.1 Å². The number of piperidine rings is 1. The van der Waals surface area contributed by atoms with Crippen molar-refractivity contribution in [2.45, 2.75) is 40.0 Å². The number of rotatable bonds is 5. The van der Waals surface area contributed by atoms with Gasteiger partial charge in [-0.2, -0.15) is 4.98 Å². The zero-order valence-electron chi connectivity index (χ0n) is 12.9. The molecule has 1 fully saturated rings. The van der Waals surface area contributed by atoms with Crippen molar-refractivity contribution < 1.29 is 4.92 Å². The zero-order valence-corrected chi connectivity index (χ0v) is 12.9. The number of nitro groups is 1. The average Bonchev–Trinajstić information content (AvgIpc) is 2.48. The van der Waals surface area contributed by atoms with E-state index >= 15 is 0 Å². The number of nitrogens with one attached hydrogen (secondary N) is 1. The van der Waals surface area contributed by atoms with Crippen LogP contribution in [-0.4, -0.2) is 34.5 Å². The third-order valence-corrected chi connectivity index (χ3v) is 4.41. The lowest BCUT2D eigenvalue weighted by Crippen LogP contribution is -2.39. The molecule has 116 valence electrons. The zero-order chi connectivity index (χ0) is 15.5. The first-order valence-electron chi connectivity index (χ1n) is 7.49. The molecule has 1 saturated heterocycles. The molecule has 0 saturated carbocycles. The molecule has 7 heteroatoms. The maximum atomic E-state index is 11.2. The predicted octanol–water partition coefficient (Wildman–Crippen LogP) is 2.83. The Morgan fingerprint density at radius 1 is 1.43 bits per heavy atom. The second-order valence-electron chi connectivity index (χ2n) is 5.84. The van der Waals surface area contributed by atoms with Gasteiger partial charge in [0, 0.05) is 19.6 Å². The summed E-state index contributed by atoms with van der Waals surface area (Å²) in [6.07, 6.45) is 4.49. The molecule has 0 spiro atoms. The molecule has 7 nitrogen and oxygen atoms in total. The van der Waals surface area contributed by atoms with E-state index in [1.807, 2.05) is 11.8 Å². The van der Waals surface area contributed by atoms with Crippen molar-refractivity contribution in [3.63, 3.8) is 0 Å². The van der Waals surface area contributed by atoms with Crippen LogP contribution in [0.15, 0.2) is 6.20 Å². The molecule has 2 heterocycles. The van der Waals surface area contributed by atoms with Crippen molar-refractivity contribution in [2.24, 2.45) is 5.41 Å². The number of aromatic nitrogens is 2. The van der Waals surface area contributed by atoms with E-state index in [4.69, 9.17) is 0 Å². The van der Waals surface area contributed by atoms with Gasteiger partial charge in [0.1, 0.15) is 6.20 Å². The molecule has 1 aromatic rings. The van der Waals surface area contributed by atoms with Gasteiger partial charge in [0.2, 0.25) is 11.8 Å². The molecule has 0 amide bonds. The summed E-state index contributed by atoms with van der Waals surface area (Å²) >= 11 is 0. The third kappa shape index (κ3) is 3.40. The Labute approximate surface area is 124 Å². The van der Waals surface area contributed by atoms with Crippen molar-refractivity contribution in [1.29, 1.82) is 0 Å². The summed E-state index contributed by atoms with van der Waals surface area (Å²) in [6, 6.07) is 0. The van der Waals surface area contributed by atoms with E-state index in [0.29, 0.717) is 23.7 Å². The average molecular weight is 293 g/mol. The quantitative estimate of drug-likeness (QED) is 0.664. The fraction of sp³-hybridized carbons (Fsp3) is 0.714. The molecular formula is C14H23N5O2. The minimum atomic E-state index is -0.404. The van der Waals surface area contributed by atoms with Gasteiger partial charge >= 0.3 is 5.69 Å². The van der Waals surface area contributed by atoms with E-state index in [1.165, 1.54) is 6.20 Å². The van der Waals surface area contributed by atoms with Crippen LogP contribution >= 0.6 is 0 Å². The van der Waals surface area contributed by atoms with Crippen LogP contribution < -0.4 is 10.2 Å². The molecule has 1 aliphatic heterocycles. The minimum absolute atomic E-state index is 0.0169. The summed E-state index contributed by atoms with van der Waals surface area (Å²) < 4.78 is 0. The van der Waals surface area contributed by atoms with Gasteiger partial charge in [-0.05, 0) is 25.2 Å². The standard InChI is InChI=1S/C14H23N5O2/c1-4-14(3)6-8-18(9-7-14)12-11(19(20)21)10-16-13(17-12)15-5-2/h10H,4-9H2,1-3H3,(H,15,16,17). The SMILES string of the molecule is CCNc1ncc([N+](=O)[O-])c(N2CCC(C)(CC)CC2)n1. The maximum absolute atomic E-state index is 11.2. The van der Waals surface area contributed by atoms with Crippen LogP contribution in [0, 0.1) is 15.5 Å². The Kier molecular flexibility index (Phi) is 4.59. The Hall–Kier alpha value is -1.92. The van der Waals surface area contributed by atoms with E-state index in [0.717, 1.165) is 32.4 Å². The fourth-order valence-corrected chi connectivity index (χ4v) is 2.58. The number of nitrogens with zero attached hydrogens (tertiary/aromatic N) is 4. The molecular weight excluding hydrogens is 270 g/mol. The van der Waals surface area contributed by atoms with Crippen molar-refractivity contribution in [3.05, 3.63) is 16.3 Å². The van der Waals surface area contributed by atoms with Crippen LogP contribution in [0.3, 0.4) is 0 Å². The van der Waals surface area contributed by atoms with E-state index in [9.17, 15) is 10.1 Å². The largest absolute Gasteiger partial charge is 0.354 e. The van der Waals surface area contributed by atoms with Crippen LogP contribution in [0.2, 0.25) is 0 Å². The lowest BCUT2D eigenvalue weighted by Gasteiger charge is -2.39. The van der Waals surface area contributed by atoms with Gasteiger partial charge in [-0.15, -0.1) is 0 Å². The third-order valence-electron chi connectivity index (χ3n) is 4.41. The smallest absolute Gasteiger partial charge is 0.329 e.